The van der Waals surface area contributed by atoms with Gasteiger partial charge in [-0.15, -0.1) is 0 Å². The lowest BCUT2D eigenvalue weighted by Crippen LogP contribution is -2.48. The predicted octanol–water partition coefficient (Wildman–Crippen LogP) is 2.67. The van der Waals surface area contributed by atoms with Crippen molar-refractivity contribution in [1.29, 1.82) is 5.26 Å². The molecule has 0 atom stereocenters. The lowest BCUT2D eigenvalue weighted by Gasteiger charge is -2.35. The number of nitrogens with zero attached hydrogens (tertiary/aromatic N) is 2. The summed E-state index contributed by atoms with van der Waals surface area (Å²) in [6.45, 7) is 5.57. The van der Waals surface area contributed by atoms with Gasteiger partial charge in [-0.3, -0.25) is 4.79 Å². The summed E-state index contributed by atoms with van der Waals surface area (Å²) in [4.78, 5) is 24.5. The number of carbonyl (C=O) groups is 2. The molecule has 1 aromatic rings. The summed E-state index contributed by atoms with van der Waals surface area (Å²) >= 11 is 0. The molecule has 0 unspecified atom stereocenters. The van der Waals surface area contributed by atoms with E-state index >= 15 is 0 Å². The van der Waals surface area contributed by atoms with Gasteiger partial charge in [-0.1, -0.05) is 12.1 Å². The Bertz CT molecular complexity index is 570. The Kier molecular flexibility index (Phi) is 5.30. The van der Waals surface area contributed by atoms with E-state index < -0.39 is 17.5 Å². The molecule has 0 radical (unpaired) electrons. The number of hydrogen-bond acceptors (Lipinski definition) is 3. The van der Waals surface area contributed by atoms with Crippen LogP contribution in [0.3, 0.4) is 0 Å². The van der Waals surface area contributed by atoms with Gasteiger partial charge in [0.05, 0.1) is 17.7 Å². The van der Waals surface area contributed by atoms with Crippen LogP contribution in [0.15, 0.2) is 24.3 Å². The zero-order chi connectivity index (χ0) is 16.0. The molecule has 6 nitrogen and oxygen atoms in total. The van der Waals surface area contributed by atoms with E-state index in [2.05, 4.69) is 5.32 Å². The van der Waals surface area contributed by atoms with Gasteiger partial charge in [-0.2, -0.15) is 5.26 Å². The third-order valence-corrected chi connectivity index (χ3v) is 2.89. The Hall–Kier alpha value is -2.55. The lowest BCUT2D eigenvalue weighted by molar-refractivity contribution is -0.137. The molecule has 0 fully saturated rings. The second kappa shape index (κ2) is 6.75. The minimum atomic E-state index is -0.963. The van der Waals surface area contributed by atoms with E-state index in [4.69, 9.17) is 10.4 Å². The Morgan fingerprint density at radius 3 is 2.48 bits per heavy atom. The molecule has 1 aromatic carbocycles. The molecule has 0 saturated carbocycles. The van der Waals surface area contributed by atoms with Gasteiger partial charge >= 0.3 is 12.0 Å². The third-order valence-electron chi connectivity index (χ3n) is 2.89. The van der Waals surface area contributed by atoms with Crippen LogP contribution in [0.4, 0.5) is 10.5 Å². The predicted molar refractivity (Wildman–Crippen MR) is 78.9 cm³/mol. The van der Waals surface area contributed by atoms with Crippen LogP contribution in [0.5, 0.6) is 0 Å². The van der Waals surface area contributed by atoms with Gasteiger partial charge in [-0.25, -0.2) is 4.79 Å². The van der Waals surface area contributed by atoms with Crippen LogP contribution >= 0.6 is 0 Å². The number of amides is 2. The number of carboxylic acids is 1. The van der Waals surface area contributed by atoms with Crippen molar-refractivity contribution in [3.63, 3.8) is 0 Å². The van der Waals surface area contributed by atoms with Crippen LogP contribution in [0, 0.1) is 11.3 Å². The van der Waals surface area contributed by atoms with Crippen LogP contribution < -0.4 is 5.32 Å². The van der Waals surface area contributed by atoms with Crippen molar-refractivity contribution in [2.75, 3.05) is 11.9 Å². The van der Waals surface area contributed by atoms with Crippen LogP contribution in [0.2, 0.25) is 0 Å². The Morgan fingerprint density at radius 2 is 1.95 bits per heavy atom. The number of rotatable bonds is 4. The van der Waals surface area contributed by atoms with Gasteiger partial charge in [0.25, 0.3) is 0 Å². The average molecular weight is 289 g/mol. The molecule has 0 aliphatic heterocycles. The maximum atomic E-state index is 12.4. The van der Waals surface area contributed by atoms with E-state index in [0.29, 0.717) is 11.3 Å². The molecule has 21 heavy (non-hydrogen) atoms. The zero-order valence-corrected chi connectivity index (χ0v) is 12.4. The first-order chi connectivity index (χ1) is 9.75. The fourth-order valence-electron chi connectivity index (χ4n) is 1.82. The molecule has 0 aliphatic rings. The van der Waals surface area contributed by atoms with Crippen LogP contribution in [0.1, 0.15) is 32.8 Å². The second-order valence-electron chi connectivity index (χ2n) is 5.55. The Labute approximate surface area is 124 Å². The van der Waals surface area contributed by atoms with E-state index in [-0.39, 0.29) is 13.0 Å². The Morgan fingerprint density at radius 1 is 1.33 bits per heavy atom. The van der Waals surface area contributed by atoms with Crippen LogP contribution in [-0.2, 0) is 4.79 Å². The molecule has 0 bridgehead atoms. The second-order valence-corrected chi connectivity index (χ2v) is 5.55. The van der Waals surface area contributed by atoms with Gasteiger partial charge in [0, 0.05) is 12.1 Å². The van der Waals surface area contributed by atoms with Gasteiger partial charge in [0.15, 0.2) is 0 Å². The summed E-state index contributed by atoms with van der Waals surface area (Å²) < 4.78 is 0. The molecule has 0 spiro atoms. The molecule has 2 amide bonds. The lowest BCUT2D eigenvalue weighted by atomic mass is 10.1. The van der Waals surface area contributed by atoms with Crippen molar-refractivity contribution in [2.45, 2.75) is 32.7 Å². The normalized spacial score (nSPS) is 10.6. The first-order valence-corrected chi connectivity index (χ1v) is 6.55. The molecule has 1 rings (SSSR count). The van der Waals surface area contributed by atoms with E-state index in [1.807, 2.05) is 26.8 Å². The third kappa shape index (κ3) is 4.80. The highest BCUT2D eigenvalue weighted by molar-refractivity contribution is 5.91. The number of benzene rings is 1. The molecule has 0 saturated heterocycles. The fourth-order valence-corrected chi connectivity index (χ4v) is 1.82. The summed E-state index contributed by atoms with van der Waals surface area (Å²) in [7, 11) is 0. The van der Waals surface area contributed by atoms with Gasteiger partial charge in [0.2, 0.25) is 0 Å². The van der Waals surface area contributed by atoms with Gasteiger partial charge in [0.1, 0.15) is 6.07 Å². The number of carboxylic acid groups (broad SMARTS) is 1. The highest BCUT2D eigenvalue weighted by Crippen LogP contribution is 2.18. The SMILES string of the molecule is CC(C)(C)N(CCC(=O)O)C(=O)Nc1ccccc1C#N. The molecule has 0 aliphatic carbocycles. The van der Waals surface area contributed by atoms with Crippen molar-refractivity contribution in [1.82, 2.24) is 4.90 Å². The monoisotopic (exact) mass is 289 g/mol. The molecule has 112 valence electrons. The minimum absolute atomic E-state index is 0.0966. The van der Waals surface area contributed by atoms with Crippen molar-refractivity contribution in [2.24, 2.45) is 0 Å². The first kappa shape index (κ1) is 16.5. The number of hydrogen-bond donors (Lipinski definition) is 2. The number of nitrogens with one attached hydrogen (secondary N) is 1. The summed E-state index contributed by atoms with van der Waals surface area (Å²) in [6, 6.07) is 8.24. The van der Waals surface area contributed by atoms with Crippen LogP contribution in [-0.4, -0.2) is 34.1 Å². The first-order valence-electron chi connectivity index (χ1n) is 6.55. The van der Waals surface area contributed by atoms with Crippen molar-refractivity contribution in [3.8, 4) is 6.07 Å². The number of nitriles is 1. The number of urea groups is 1. The fraction of sp³-hybridized carbons (Fsp3) is 0.400. The quantitative estimate of drug-likeness (QED) is 0.891. The average Bonchev–Trinajstić information content (AvgIpc) is 2.37. The van der Waals surface area contributed by atoms with Crippen LogP contribution in [0.25, 0.3) is 0 Å². The van der Waals surface area contributed by atoms with E-state index in [1.165, 1.54) is 4.90 Å². The van der Waals surface area contributed by atoms with Gasteiger partial charge in [-0.05, 0) is 32.9 Å². The maximum Gasteiger partial charge on any atom is 0.322 e. The molecule has 0 heterocycles. The number of aliphatic carboxylic acids is 1. The smallest absolute Gasteiger partial charge is 0.322 e. The van der Waals surface area contributed by atoms with Crippen molar-refractivity contribution < 1.29 is 14.7 Å². The topological polar surface area (TPSA) is 93.4 Å². The molecule has 6 heteroatoms. The number of para-hydroxylation sites is 1. The van der Waals surface area contributed by atoms with Crippen molar-refractivity contribution in [3.05, 3.63) is 29.8 Å². The number of anilines is 1. The minimum Gasteiger partial charge on any atom is -0.481 e. The highest BCUT2D eigenvalue weighted by atomic mass is 16.4. The Balaban J connectivity index is 2.91. The summed E-state index contributed by atoms with van der Waals surface area (Å²) in [6.07, 6.45) is -0.134. The summed E-state index contributed by atoms with van der Waals surface area (Å²) in [5, 5.41) is 20.5. The van der Waals surface area contributed by atoms with Gasteiger partial charge < -0.3 is 15.3 Å². The van der Waals surface area contributed by atoms with Crippen molar-refractivity contribution >= 4 is 17.7 Å². The van der Waals surface area contributed by atoms with E-state index in [1.54, 1.807) is 24.3 Å². The summed E-state index contributed by atoms with van der Waals surface area (Å²) in [5.74, 6) is -0.963. The maximum absolute atomic E-state index is 12.4. The molecular formula is C15H19N3O3. The van der Waals surface area contributed by atoms with E-state index in [9.17, 15) is 9.59 Å². The molecule has 0 aromatic heterocycles. The molecule has 2 N–H and O–H groups in total. The number of carbonyl (C=O) groups excluding carboxylic acids is 1. The standard InChI is InChI=1S/C15H19N3O3/c1-15(2,3)18(9-8-13(19)20)14(21)17-12-7-5-4-6-11(12)10-16/h4-7H,8-9H2,1-3H3,(H,17,21)(H,19,20). The summed E-state index contributed by atoms with van der Waals surface area (Å²) in [5.41, 5.74) is 0.244. The highest BCUT2D eigenvalue weighted by Gasteiger charge is 2.27. The molecular weight excluding hydrogens is 270 g/mol. The zero-order valence-electron chi connectivity index (χ0n) is 12.4. The van der Waals surface area contributed by atoms with E-state index in [0.717, 1.165) is 0 Å². The largest absolute Gasteiger partial charge is 0.481 e.